The number of carbonyl (C=O) groups is 3. The van der Waals surface area contributed by atoms with Gasteiger partial charge in [-0.1, -0.05) is 24.3 Å². The number of ether oxygens (including phenoxy) is 1. The van der Waals surface area contributed by atoms with Gasteiger partial charge in [-0.05, 0) is 75.8 Å². The van der Waals surface area contributed by atoms with Crippen LogP contribution in [0.25, 0.3) is 0 Å². The molecule has 2 aliphatic heterocycles. The van der Waals surface area contributed by atoms with E-state index in [2.05, 4.69) is 55.1 Å². The van der Waals surface area contributed by atoms with Crippen molar-refractivity contribution in [2.24, 2.45) is 0 Å². The number of methoxy groups -OCH3 is 1. The van der Waals surface area contributed by atoms with Crippen LogP contribution in [0.15, 0.2) is 48.7 Å². The van der Waals surface area contributed by atoms with Crippen LogP contribution in [-0.2, 0) is 28.1 Å². The van der Waals surface area contributed by atoms with Crippen molar-refractivity contribution in [3.8, 4) is 5.75 Å². The molecular weight excluding hydrogens is 765 g/mol. The number of aromatic nitrogens is 2. The molecule has 308 valence electrons. The number of hydrogen-bond donors (Lipinski definition) is 3. The molecule has 0 bridgehead atoms. The van der Waals surface area contributed by atoms with Crippen LogP contribution in [0.5, 0.6) is 5.75 Å². The van der Waals surface area contributed by atoms with Crippen LogP contribution in [0, 0.1) is 0 Å². The lowest BCUT2D eigenvalue weighted by Gasteiger charge is -2.37. The number of hydrogen-bond acceptors (Lipinski definition) is 10. The van der Waals surface area contributed by atoms with Crippen molar-refractivity contribution in [2.75, 3.05) is 57.5 Å². The van der Waals surface area contributed by atoms with Gasteiger partial charge in [-0.2, -0.15) is 18.2 Å². The lowest BCUT2D eigenvalue weighted by atomic mass is 10.0. The Morgan fingerprint density at radius 3 is 2.30 bits per heavy atom. The summed E-state index contributed by atoms with van der Waals surface area (Å²) in [6.07, 6.45) is -1.73. The second-order valence-electron chi connectivity index (χ2n) is 15.4. The molecular formula is C40H50F4N8O4S. The SMILES string of the molecule is CNc1nc(Nc2ccc(C(=O)N3CCN(Cc4ccc(CSC(C)(C)C(NC(=O)C5(F)CC5)C(=O)N5CCCC5C)cc4)CC3)cc2OC)ncc1C(F)(F)F. The van der Waals surface area contributed by atoms with Gasteiger partial charge in [-0.15, -0.1) is 11.8 Å². The predicted octanol–water partition coefficient (Wildman–Crippen LogP) is 6.26. The molecule has 1 aliphatic carbocycles. The van der Waals surface area contributed by atoms with Crippen LogP contribution in [0.1, 0.15) is 73.5 Å². The van der Waals surface area contributed by atoms with Crippen molar-refractivity contribution in [1.29, 1.82) is 0 Å². The number of amides is 3. The number of likely N-dealkylation sites (tertiary alicyclic amines) is 1. The first kappa shape index (κ1) is 42.0. The van der Waals surface area contributed by atoms with Crippen LogP contribution < -0.4 is 20.7 Å². The fourth-order valence-electron chi connectivity index (χ4n) is 7.09. The molecule has 3 amide bonds. The van der Waals surface area contributed by atoms with E-state index in [0.29, 0.717) is 68.2 Å². The van der Waals surface area contributed by atoms with Crippen molar-refractivity contribution in [3.63, 3.8) is 0 Å². The molecule has 3 aromatic rings. The number of alkyl halides is 4. The van der Waals surface area contributed by atoms with Gasteiger partial charge in [0.25, 0.3) is 11.8 Å². The molecule has 6 rings (SSSR count). The topological polar surface area (TPSA) is 132 Å². The third kappa shape index (κ3) is 9.91. The van der Waals surface area contributed by atoms with Crippen LogP contribution in [0.2, 0.25) is 0 Å². The molecule has 2 saturated heterocycles. The molecule has 2 unspecified atom stereocenters. The lowest BCUT2D eigenvalue weighted by Crippen LogP contribution is -2.59. The normalized spacial score (nSPS) is 18.9. The first-order chi connectivity index (χ1) is 27.0. The number of anilines is 3. The Morgan fingerprint density at radius 1 is 1.02 bits per heavy atom. The Morgan fingerprint density at radius 2 is 1.70 bits per heavy atom. The number of rotatable bonds is 14. The maximum atomic E-state index is 14.7. The zero-order chi connectivity index (χ0) is 41.1. The first-order valence-corrected chi connectivity index (χ1v) is 20.1. The van der Waals surface area contributed by atoms with Crippen LogP contribution in [0.4, 0.5) is 35.0 Å². The number of benzene rings is 2. The van der Waals surface area contributed by atoms with E-state index < -0.39 is 34.1 Å². The van der Waals surface area contributed by atoms with Gasteiger partial charge in [0.15, 0.2) is 5.67 Å². The van der Waals surface area contributed by atoms with Gasteiger partial charge < -0.3 is 30.5 Å². The summed E-state index contributed by atoms with van der Waals surface area (Å²) >= 11 is 1.56. The standard InChI is InChI=1S/C40H50F4N8O4S/c1-25-7-6-16-52(25)35(54)32(48-36(55)39(41)14-15-39)38(2,3)57-24-27-10-8-26(9-11-27)23-50-17-19-51(20-18-50)34(53)28-12-13-30(31(21-28)56-5)47-37-46-22-29(40(42,43)44)33(45-4)49-37/h8-13,21-22,25,32H,6-7,14-20,23-24H2,1-5H3,(H,48,55)(H2,45,46,47,49). The van der Waals surface area contributed by atoms with Gasteiger partial charge >= 0.3 is 6.18 Å². The first-order valence-electron chi connectivity index (χ1n) is 19.1. The summed E-state index contributed by atoms with van der Waals surface area (Å²) in [7, 11) is 2.77. The molecule has 17 heteroatoms. The zero-order valence-electron chi connectivity index (χ0n) is 32.8. The van der Waals surface area contributed by atoms with E-state index in [1.54, 1.807) is 34.9 Å². The Kier molecular flexibility index (Phi) is 12.6. The Bertz CT molecular complexity index is 1940. The molecule has 0 spiro atoms. The van der Waals surface area contributed by atoms with Gasteiger partial charge in [0.1, 0.15) is 23.2 Å². The maximum Gasteiger partial charge on any atom is 0.421 e. The minimum atomic E-state index is -4.62. The highest BCUT2D eigenvalue weighted by Gasteiger charge is 2.53. The lowest BCUT2D eigenvalue weighted by molar-refractivity contribution is -0.139. The molecule has 1 saturated carbocycles. The quantitative estimate of drug-likeness (QED) is 0.161. The van der Waals surface area contributed by atoms with E-state index in [1.165, 1.54) is 14.2 Å². The Balaban J connectivity index is 1.00. The highest BCUT2D eigenvalue weighted by molar-refractivity contribution is 7.99. The van der Waals surface area contributed by atoms with Gasteiger partial charge in [0.2, 0.25) is 11.9 Å². The monoisotopic (exact) mass is 814 g/mol. The minimum Gasteiger partial charge on any atom is -0.495 e. The third-order valence-electron chi connectivity index (χ3n) is 10.9. The molecule has 3 aliphatic rings. The summed E-state index contributed by atoms with van der Waals surface area (Å²) in [4.78, 5) is 53.6. The second kappa shape index (κ2) is 17.1. The van der Waals surface area contributed by atoms with Crippen molar-refractivity contribution in [3.05, 3.63) is 70.9 Å². The van der Waals surface area contributed by atoms with Gasteiger partial charge in [-0.3, -0.25) is 19.3 Å². The average molecular weight is 815 g/mol. The maximum absolute atomic E-state index is 14.7. The third-order valence-corrected chi connectivity index (χ3v) is 12.3. The molecule has 12 nitrogen and oxygen atoms in total. The summed E-state index contributed by atoms with van der Waals surface area (Å²) in [6, 6.07) is 12.3. The van der Waals surface area contributed by atoms with E-state index in [-0.39, 0.29) is 42.5 Å². The summed E-state index contributed by atoms with van der Waals surface area (Å²) in [5.41, 5.74) is 0.117. The summed E-state index contributed by atoms with van der Waals surface area (Å²) in [6.45, 7) is 9.60. The summed E-state index contributed by atoms with van der Waals surface area (Å²) in [5, 5.41) is 8.11. The highest BCUT2D eigenvalue weighted by Crippen LogP contribution is 2.41. The summed E-state index contributed by atoms with van der Waals surface area (Å²) in [5.74, 6) is -0.556. The Hall–Kier alpha value is -4.64. The molecule has 57 heavy (non-hydrogen) atoms. The summed E-state index contributed by atoms with van der Waals surface area (Å²) < 4.78 is 59.3. The number of halogens is 4. The van der Waals surface area contributed by atoms with Crippen molar-refractivity contribution in [2.45, 2.75) is 87.4 Å². The predicted molar refractivity (Wildman–Crippen MR) is 211 cm³/mol. The van der Waals surface area contributed by atoms with Crippen LogP contribution >= 0.6 is 11.8 Å². The fourth-order valence-corrected chi connectivity index (χ4v) is 8.15. The molecule has 1 aromatic heterocycles. The van der Waals surface area contributed by atoms with Gasteiger partial charge in [0.05, 0.1) is 12.8 Å². The van der Waals surface area contributed by atoms with Crippen LogP contribution in [-0.4, -0.2) is 112 Å². The minimum absolute atomic E-state index is 0.0730. The number of piperazine rings is 1. The number of nitrogens with one attached hydrogen (secondary N) is 3. The largest absolute Gasteiger partial charge is 0.495 e. The highest BCUT2D eigenvalue weighted by atomic mass is 32.2. The van der Waals surface area contributed by atoms with Crippen molar-refractivity contribution < 1.29 is 36.7 Å². The van der Waals surface area contributed by atoms with Crippen molar-refractivity contribution >= 4 is 46.9 Å². The van der Waals surface area contributed by atoms with Gasteiger partial charge in [-0.25, -0.2) is 9.37 Å². The zero-order valence-corrected chi connectivity index (χ0v) is 33.7. The number of thioether (sulfide) groups is 1. The molecule has 2 aromatic carbocycles. The Labute approximate surface area is 334 Å². The van der Waals surface area contributed by atoms with E-state index in [1.807, 2.05) is 25.7 Å². The van der Waals surface area contributed by atoms with E-state index >= 15 is 0 Å². The van der Waals surface area contributed by atoms with E-state index in [4.69, 9.17) is 4.74 Å². The molecule has 2 atom stereocenters. The molecule has 3 heterocycles. The number of nitrogens with zero attached hydrogens (tertiary/aromatic N) is 5. The molecule has 3 N–H and O–H groups in total. The van der Waals surface area contributed by atoms with Crippen LogP contribution in [0.3, 0.4) is 0 Å². The molecule has 0 radical (unpaired) electrons. The smallest absolute Gasteiger partial charge is 0.421 e. The molecule has 3 fully saturated rings. The van der Waals surface area contributed by atoms with Gasteiger partial charge in [0, 0.05) is 74.6 Å². The second-order valence-corrected chi connectivity index (χ2v) is 17.0. The number of carbonyl (C=O) groups excluding carboxylic acids is 3. The fraction of sp³-hybridized carbons (Fsp3) is 0.525. The van der Waals surface area contributed by atoms with E-state index in [0.717, 1.165) is 24.0 Å². The average Bonchev–Trinajstić information content (AvgIpc) is 3.81. The van der Waals surface area contributed by atoms with Crippen molar-refractivity contribution in [1.82, 2.24) is 30.0 Å². The van der Waals surface area contributed by atoms with E-state index in [9.17, 15) is 31.9 Å².